The maximum absolute atomic E-state index is 14.5. The molecule has 0 aliphatic carbocycles. The van der Waals surface area contributed by atoms with Crippen molar-refractivity contribution in [2.24, 2.45) is 0 Å². The third kappa shape index (κ3) is 5.62. The zero-order valence-corrected chi connectivity index (χ0v) is 22.1. The number of thiazole rings is 1. The van der Waals surface area contributed by atoms with Crippen LogP contribution in [0.25, 0.3) is 11.1 Å². The molecule has 1 aliphatic rings. The van der Waals surface area contributed by atoms with E-state index >= 15 is 0 Å². The van der Waals surface area contributed by atoms with Crippen LogP contribution in [0.3, 0.4) is 0 Å². The lowest BCUT2D eigenvalue weighted by atomic mass is 9.81. The van der Waals surface area contributed by atoms with E-state index in [0.29, 0.717) is 34.5 Å². The summed E-state index contributed by atoms with van der Waals surface area (Å²) < 4.78 is 26.3. The summed E-state index contributed by atoms with van der Waals surface area (Å²) in [6, 6.07) is 14.5. The topological polar surface area (TPSA) is 110 Å². The molecule has 3 N–H and O–H groups in total. The third-order valence-electron chi connectivity index (χ3n) is 6.70. The molecule has 200 valence electrons. The Kier molecular flexibility index (Phi) is 7.32. The fourth-order valence-corrected chi connectivity index (χ4v) is 5.31. The number of carbonyl (C=O) groups is 2. The van der Waals surface area contributed by atoms with Crippen molar-refractivity contribution in [3.05, 3.63) is 88.7 Å². The van der Waals surface area contributed by atoms with Crippen molar-refractivity contribution in [3.8, 4) is 28.4 Å². The van der Waals surface area contributed by atoms with E-state index in [1.54, 1.807) is 43.0 Å². The Morgan fingerprint density at radius 1 is 1.15 bits per heavy atom. The van der Waals surface area contributed by atoms with Crippen molar-refractivity contribution >= 4 is 28.3 Å². The predicted molar refractivity (Wildman–Crippen MR) is 146 cm³/mol. The van der Waals surface area contributed by atoms with Gasteiger partial charge in [-0.05, 0) is 66.4 Å². The van der Waals surface area contributed by atoms with Gasteiger partial charge in [-0.1, -0.05) is 18.2 Å². The van der Waals surface area contributed by atoms with Gasteiger partial charge in [0.2, 0.25) is 5.91 Å². The zero-order valence-electron chi connectivity index (χ0n) is 21.3. The molecule has 0 radical (unpaired) electrons. The quantitative estimate of drug-likeness (QED) is 0.254. The Morgan fingerprint density at radius 2 is 1.95 bits per heavy atom. The molecule has 0 bridgehead atoms. The minimum Gasteiger partial charge on any atom is -0.493 e. The number of carboxylic acids is 1. The predicted octanol–water partition coefficient (Wildman–Crippen LogP) is 5.84. The van der Waals surface area contributed by atoms with E-state index in [0.717, 1.165) is 23.6 Å². The number of rotatable bonds is 8. The molecular weight excluding hydrogens is 521 g/mol. The lowest BCUT2D eigenvalue weighted by Gasteiger charge is -2.37. The first kappa shape index (κ1) is 26.3. The van der Waals surface area contributed by atoms with Gasteiger partial charge in [0.25, 0.3) is 0 Å². The van der Waals surface area contributed by atoms with Gasteiger partial charge in [0.1, 0.15) is 11.6 Å². The second kappa shape index (κ2) is 10.8. The number of fused-ring (bicyclic) bond motifs is 1. The molecule has 39 heavy (non-hydrogen) atoms. The number of benzene rings is 3. The summed E-state index contributed by atoms with van der Waals surface area (Å²) in [5.41, 5.74) is 2.13. The van der Waals surface area contributed by atoms with E-state index in [9.17, 15) is 14.0 Å². The SMILES string of the molecule is COc1cc2c(cc1Oc1ccc(-c3ccc(C(=O)O)cc3F)cc1)[C@@](C)(CC(=O)Nc1nccs1)NCC2. The van der Waals surface area contributed by atoms with E-state index in [-0.39, 0.29) is 23.5 Å². The molecule has 1 aliphatic heterocycles. The number of nitrogens with one attached hydrogen (secondary N) is 2. The summed E-state index contributed by atoms with van der Waals surface area (Å²) >= 11 is 1.36. The highest BCUT2D eigenvalue weighted by Gasteiger charge is 2.35. The number of ether oxygens (including phenoxy) is 2. The number of carboxylic acid groups (broad SMARTS) is 1. The monoisotopic (exact) mass is 547 g/mol. The first-order valence-corrected chi connectivity index (χ1v) is 13.1. The van der Waals surface area contributed by atoms with Crippen molar-refractivity contribution < 1.29 is 28.6 Å². The number of aromatic nitrogens is 1. The van der Waals surface area contributed by atoms with Crippen LogP contribution in [0.2, 0.25) is 0 Å². The lowest BCUT2D eigenvalue weighted by molar-refractivity contribution is -0.117. The van der Waals surface area contributed by atoms with Gasteiger partial charge in [-0.15, -0.1) is 11.3 Å². The fraction of sp³-hybridized carbons (Fsp3) is 0.207. The molecule has 3 aromatic carbocycles. The van der Waals surface area contributed by atoms with Crippen LogP contribution in [0, 0.1) is 5.82 Å². The van der Waals surface area contributed by atoms with Gasteiger partial charge in [0.05, 0.1) is 12.7 Å². The van der Waals surface area contributed by atoms with Crippen LogP contribution >= 0.6 is 11.3 Å². The van der Waals surface area contributed by atoms with Gasteiger partial charge in [-0.25, -0.2) is 14.2 Å². The van der Waals surface area contributed by atoms with Crippen LogP contribution < -0.4 is 20.1 Å². The minimum atomic E-state index is -1.19. The van der Waals surface area contributed by atoms with E-state index in [1.807, 2.05) is 19.1 Å². The van der Waals surface area contributed by atoms with Crippen LogP contribution in [0.4, 0.5) is 9.52 Å². The maximum atomic E-state index is 14.5. The molecular formula is C29H26FN3O5S. The Labute approximate surface area is 228 Å². The standard InChI is InChI=1S/C29H26FN3O5S/c1-29(16-26(34)33-28-31-11-12-39-28)22-15-25(24(37-2)14-18(22)9-10-32-29)38-20-6-3-17(4-7-20)21-8-5-19(27(35)36)13-23(21)30/h3-8,11-15,32H,9-10,16H2,1-2H3,(H,35,36)(H,31,33,34)/t29-/m1/s1. The summed E-state index contributed by atoms with van der Waals surface area (Å²) in [5, 5.41) is 17.8. The Bertz CT molecular complexity index is 1520. The largest absolute Gasteiger partial charge is 0.493 e. The highest BCUT2D eigenvalue weighted by molar-refractivity contribution is 7.13. The van der Waals surface area contributed by atoms with Gasteiger partial charge < -0.3 is 25.2 Å². The normalized spacial score (nSPS) is 16.3. The van der Waals surface area contributed by atoms with Crippen LogP contribution in [0.5, 0.6) is 17.2 Å². The number of hydrogen-bond donors (Lipinski definition) is 3. The average molecular weight is 548 g/mol. The molecule has 1 atom stereocenters. The van der Waals surface area contributed by atoms with Gasteiger partial charge in [-0.2, -0.15) is 0 Å². The van der Waals surface area contributed by atoms with E-state index < -0.39 is 17.3 Å². The number of carbonyl (C=O) groups excluding carboxylic acids is 1. The van der Waals surface area contributed by atoms with Crippen LogP contribution in [-0.4, -0.2) is 35.6 Å². The number of methoxy groups -OCH3 is 1. The van der Waals surface area contributed by atoms with Gasteiger partial charge in [0, 0.05) is 35.6 Å². The van der Waals surface area contributed by atoms with Crippen LogP contribution in [-0.2, 0) is 16.8 Å². The molecule has 0 spiro atoms. The van der Waals surface area contributed by atoms with Crippen molar-refractivity contribution in [2.75, 3.05) is 19.0 Å². The molecule has 1 amide bonds. The van der Waals surface area contributed by atoms with Crippen molar-refractivity contribution in [2.45, 2.75) is 25.3 Å². The molecule has 5 rings (SSSR count). The zero-order chi connectivity index (χ0) is 27.6. The number of amides is 1. The summed E-state index contributed by atoms with van der Waals surface area (Å²) in [7, 11) is 1.57. The van der Waals surface area contributed by atoms with E-state index in [4.69, 9.17) is 14.6 Å². The van der Waals surface area contributed by atoms with Crippen molar-refractivity contribution in [1.82, 2.24) is 10.3 Å². The number of nitrogens with zero attached hydrogens (tertiary/aromatic N) is 1. The second-order valence-electron chi connectivity index (χ2n) is 9.36. The number of aromatic carboxylic acids is 1. The van der Waals surface area contributed by atoms with Gasteiger partial charge in [-0.3, -0.25) is 4.79 Å². The number of halogens is 1. The average Bonchev–Trinajstić information content (AvgIpc) is 3.42. The molecule has 1 aromatic heterocycles. The molecule has 4 aromatic rings. The molecule has 0 saturated heterocycles. The maximum Gasteiger partial charge on any atom is 0.335 e. The number of hydrogen-bond acceptors (Lipinski definition) is 7. The lowest BCUT2D eigenvalue weighted by Crippen LogP contribution is -2.47. The summed E-state index contributed by atoms with van der Waals surface area (Å²) in [4.78, 5) is 28.0. The summed E-state index contributed by atoms with van der Waals surface area (Å²) in [6.07, 6.45) is 2.62. The van der Waals surface area contributed by atoms with Crippen molar-refractivity contribution in [1.29, 1.82) is 0 Å². The van der Waals surface area contributed by atoms with Gasteiger partial charge in [0.15, 0.2) is 16.6 Å². The highest BCUT2D eigenvalue weighted by Crippen LogP contribution is 2.41. The third-order valence-corrected chi connectivity index (χ3v) is 7.38. The fourth-order valence-electron chi connectivity index (χ4n) is 4.77. The molecule has 0 unspecified atom stereocenters. The molecule has 2 heterocycles. The molecule has 10 heteroatoms. The summed E-state index contributed by atoms with van der Waals surface area (Å²) in [5.74, 6) is -0.405. The van der Waals surface area contributed by atoms with E-state index in [2.05, 4.69) is 15.6 Å². The molecule has 8 nitrogen and oxygen atoms in total. The Morgan fingerprint density at radius 3 is 2.62 bits per heavy atom. The Hall–Kier alpha value is -4.28. The minimum absolute atomic E-state index is 0.113. The smallest absolute Gasteiger partial charge is 0.335 e. The molecule has 0 fully saturated rings. The molecule has 0 saturated carbocycles. The van der Waals surface area contributed by atoms with E-state index in [1.165, 1.54) is 23.5 Å². The van der Waals surface area contributed by atoms with Crippen molar-refractivity contribution in [3.63, 3.8) is 0 Å². The highest BCUT2D eigenvalue weighted by atomic mass is 32.1. The first-order valence-electron chi connectivity index (χ1n) is 12.2. The van der Waals surface area contributed by atoms with Gasteiger partial charge >= 0.3 is 5.97 Å². The number of anilines is 1. The summed E-state index contributed by atoms with van der Waals surface area (Å²) in [6.45, 7) is 2.70. The second-order valence-corrected chi connectivity index (χ2v) is 10.3. The van der Waals surface area contributed by atoms with Crippen LogP contribution in [0.1, 0.15) is 34.8 Å². The Balaban J connectivity index is 1.39. The van der Waals surface area contributed by atoms with Crippen LogP contribution in [0.15, 0.2) is 66.2 Å². The first-order chi connectivity index (χ1) is 18.8.